The molecule has 16 heavy (non-hydrogen) atoms. The highest BCUT2D eigenvalue weighted by molar-refractivity contribution is 6.30. The zero-order valence-electron chi connectivity index (χ0n) is 9.11. The van der Waals surface area contributed by atoms with E-state index in [1.54, 1.807) is 38.1 Å². The molecule has 1 rings (SSSR count). The molecular weight excluding hydrogens is 249 g/mol. The van der Waals surface area contributed by atoms with Crippen LogP contribution in [0.15, 0.2) is 24.3 Å². The number of rotatable bonds is 3. The first-order chi connectivity index (χ1) is 6.85. The number of nitrogens with two attached hydrogens (primary N) is 1. The first-order valence-corrected chi connectivity index (χ1v) is 4.98. The molecular formula is C11H15Cl2NO2. The van der Waals surface area contributed by atoms with Crippen molar-refractivity contribution in [3.05, 3.63) is 34.9 Å². The first-order valence-electron chi connectivity index (χ1n) is 4.60. The summed E-state index contributed by atoms with van der Waals surface area (Å²) in [6, 6.07) is 6.38. The molecule has 0 spiro atoms. The number of carboxylic acids is 1. The van der Waals surface area contributed by atoms with E-state index in [9.17, 15) is 4.79 Å². The molecule has 1 unspecified atom stereocenters. The van der Waals surface area contributed by atoms with E-state index in [0.717, 1.165) is 5.56 Å². The number of carbonyl (C=O) groups is 1. The molecule has 0 amide bonds. The molecule has 1 aromatic carbocycles. The maximum atomic E-state index is 11.0. The molecule has 1 aromatic rings. The third-order valence-corrected chi connectivity index (χ3v) is 2.77. The van der Waals surface area contributed by atoms with Crippen LogP contribution in [0.2, 0.25) is 5.02 Å². The monoisotopic (exact) mass is 263 g/mol. The predicted octanol–water partition coefficient (Wildman–Crippen LogP) is 2.87. The molecule has 3 nitrogen and oxygen atoms in total. The quantitative estimate of drug-likeness (QED) is 0.882. The highest BCUT2D eigenvalue weighted by atomic mass is 35.5. The highest BCUT2D eigenvalue weighted by Gasteiger charge is 2.35. The van der Waals surface area contributed by atoms with Crippen molar-refractivity contribution in [1.29, 1.82) is 0 Å². The van der Waals surface area contributed by atoms with Crippen molar-refractivity contribution < 1.29 is 9.90 Å². The molecule has 90 valence electrons. The summed E-state index contributed by atoms with van der Waals surface area (Å²) in [7, 11) is 0. The Morgan fingerprint density at radius 3 is 2.50 bits per heavy atom. The van der Waals surface area contributed by atoms with Crippen LogP contribution in [0.4, 0.5) is 0 Å². The van der Waals surface area contributed by atoms with Crippen LogP contribution in [0.5, 0.6) is 0 Å². The van der Waals surface area contributed by atoms with Gasteiger partial charge in [-0.3, -0.25) is 4.79 Å². The Morgan fingerprint density at radius 2 is 2.06 bits per heavy atom. The fourth-order valence-corrected chi connectivity index (χ4v) is 1.45. The molecule has 0 saturated carbocycles. The summed E-state index contributed by atoms with van der Waals surface area (Å²) < 4.78 is 0. The molecule has 3 N–H and O–H groups in total. The van der Waals surface area contributed by atoms with Crippen molar-refractivity contribution in [2.45, 2.75) is 19.9 Å². The van der Waals surface area contributed by atoms with Crippen LogP contribution >= 0.6 is 24.0 Å². The maximum absolute atomic E-state index is 11.0. The Morgan fingerprint density at radius 1 is 1.50 bits per heavy atom. The Kier molecular flexibility index (Phi) is 5.26. The standard InChI is InChI=1S/C11H14ClNO2.ClH/c1-11(2,10(14)15)9(13)7-4-3-5-8(12)6-7;/h3-6,9H,13H2,1-2H3,(H,14,15);1H. The normalized spacial score (nSPS) is 12.8. The topological polar surface area (TPSA) is 63.3 Å². The molecule has 0 heterocycles. The summed E-state index contributed by atoms with van der Waals surface area (Å²) in [6.45, 7) is 3.20. The molecule has 0 fully saturated rings. The van der Waals surface area contributed by atoms with Crippen molar-refractivity contribution >= 4 is 30.0 Å². The van der Waals surface area contributed by atoms with Crippen LogP contribution in [0.3, 0.4) is 0 Å². The Hall–Kier alpha value is -0.770. The molecule has 0 aliphatic rings. The largest absolute Gasteiger partial charge is 0.481 e. The molecule has 5 heteroatoms. The summed E-state index contributed by atoms with van der Waals surface area (Å²) >= 11 is 5.82. The lowest BCUT2D eigenvalue weighted by atomic mass is 9.81. The number of hydrogen-bond donors (Lipinski definition) is 2. The van der Waals surface area contributed by atoms with Crippen molar-refractivity contribution in [3.8, 4) is 0 Å². The van der Waals surface area contributed by atoms with Gasteiger partial charge in [-0.2, -0.15) is 0 Å². The summed E-state index contributed by atoms with van der Waals surface area (Å²) in [5.74, 6) is -0.921. The zero-order valence-corrected chi connectivity index (χ0v) is 10.7. The van der Waals surface area contributed by atoms with Gasteiger partial charge in [0.15, 0.2) is 0 Å². The second kappa shape index (κ2) is 5.53. The van der Waals surface area contributed by atoms with E-state index < -0.39 is 17.4 Å². The lowest BCUT2D eigenvalue weighted by Gasteiger charge is -2.27. The Bertz CT molecular complexity index is 380. The van der Waals surface area contributed by atoms with Crippen molar-refractivity contribution in [3.63, 3.8) is 0 Å². The van der Waals surface area contributed by atoms with Crippen LogP contribution < -0.4 is 5.73 Å². The summed E-state index contributed by atoms with van der Waals surface area (Å²) in [5, 5.41) is 9.59. The maximum Gasteiger partial charge on any atom is 0.311 e. The van der Waals surface area contributed by atoms with E-state index in [0.29, 0.717) is 5.02 Å². The van der Waals surface area contributed by atoms with E-state index in [2.05, 4.69) is 0 Å². The number of hydrogen-bond acceptors (Lipinski definition) is 2. The van der Waals surface area contributed by atoms with Gasteiger partial charge in [-0.25, -0.2) is 0 Å². The Labute approximate surface area is 106 Å². The zero-order chi connectivity index (χ0) is 11.6. The Balaban J connectivity index is 0.00000225. The van der Waals surface area contributed by atoms with E-state index in [4.69, 9.17) is 22.4 Å². The van der Waals surface area contributed by atoms with Gasteiger partial charge < -0.3 is 10.8 Å². The molecule has 0 saturated heterocycles. The molecule has 0 aromatic heterocycles. The van der Waals surface area contributed by atoms with Gasteiger partial charge in [0, 0.05) is 11.1 Å². The third kappa shape index (κ3) is 3.11. The number of aliphatic carboxylic acids is 1. The third-order valence-electron chi connectivity index (χ3n) is 2.54. The fourth-order valence-electron chi connectivity index (χ4n) is 1.25. The average molecular weight is 264 g/mol. The van der Waals surface area contributed by atoms with E-state index >= 15 is 0 Å². The molecule has 0 aliphatic carbocycles. The molecule has 0 aliphatic heterocycles. The summed E-state index contributed by atoms with van der Waals surface area (Å²) in [4.78, 5) is 11.0. The van der Waals surface area contributed by atoms with Crippen molar-refractivity contribution in [2.24, 2.45) is 11.1 Å². The SMILES string of the molecule is CC(C)(C(=O)O)C(N)c1cccc(Cl)c1.Cl. The molecule has 0 bridgehead atoms. The van der Waals surface area contributed by atoms with Gasteiger partial charge in [0.05, 0.1) is 5.41 Å². The smallest absolute Gasteiger partial charge is 0.311 e. The first kappa shape index (κ1) is 15.2. The van der Waals surface area contributed by atoms with Crippen LogP contribution in [0, 0.1) is 5.41 Å². The number of carboxylic acid groups (broad SMARTS) is 1. The van der Waals surface area contributed by atoms with E-state index in [1.165, 1.54) is 0 Å². The van der Waals surface area contributed by atoms with Crippen LogP contribution in [0.25, 0.3) is 0 Å². The lowest BCUT2D eigenvalue weighted by Crippen LogP contribution is -2.36. The van der Waals surface area contributed by atoms with Crippen LogP contribution in [-0.4, -0.2) is 11.1 Å². The molecule has 1 atom stereocenters. The number of benzene rings is 1. The van der Waals surface area contributed by atoms with Gasteiger partial charge in [-0.15, -0.1) is 12.4 Å². The summed E-state index contributed by atoms with van der Waals surface area (Å²) in [5.41, 5.74) is 5.63. The number of halogens is 2. The minimum atomic E-state index is -1.01. The van der Waals surface area contributed by atoms with Gasteiger partial charge in [0.25, 0.3) is 0 Å². The van der Waals surface area contributed by atoms with Gasteiger partial charge in [0.2, 0.25) is 0 Å². The van der Waals surface area contributed by atoms with Crippen molar-refractivity contribution in [1.82, 2.24) is 0 Å². The second-order valence-electron chi connectivity index (χ2n) is 4.06. The second-order valence-corrected chi connectivity index (χ2v) is 4.50. The molecule has 0 radical (unpaired) electrons. The van der Waals surface area contributed by atoms with Gasteiger partial charge in [0.1, 0.15) is 0 Å². The van der Waals surface area contributed by atoms with Crippen LogP contribution in [0.1, 0.15) is 25.5 Å². The minimum Gasteiger partial charge on any atom is -0.481 e. The lowest BCUT2D eigenvalue weighted by molar-refractivity contribution is -0.148. The van der Waals surface area contributed by atoms with Gasteiger partial charge >= 0.3 is 5.97 Å². The van der Waals surface area contributed by atoms with E-state index in [1.807, 2.05) is 0 Å². The predicted molar refractivity (Wildman–Crippen MR) is 67.0 cm³/mol. The van der Waals surface area contributed by atoms with E-state index in [-0.39, 0.29) is 12.4 Å². The fraction of sp³-hybridized carbons (Fsp3) is 0.364. The van der Waals surface area contributed by atoms with Gasteiger partial charge in [-0.1, -0.05) is 23.7 Å². The van der Waals surface area contributed by atoms with Crippen LogP contribution in [-0.2, 0) is 4.79 Å². The highest BCUT2D eigenvalue weighted by Crippen LogP contribution is 2.32. The summed E-state index contributed by atoms with van der Waals surface area (Å²) in [6.07, 6.45) is 0. The average Bonchev–Trinajstić information content (AvgIpc) is 2.16. The minimum absolute atomic E-state index is 0. The van der Waals surface area contributed by atoms with Crippen molar-refractivity contribution in [2.75, 3.05) is 0 Å². The van der Waals surface area contributed by atoms with Gasteiger partial charge in [-0.05, 0) is 31.5 Å².